The summed E-state index contributed by atoms with van der Waals surface area (Å²) in [5, 5.41) is 7.48. The standard InChI is InChI=1S/C18H25BrFN5/c1-4-21-18(24(2)12-14-11-23-25(3)13-14)22-9-5-6-15-7-8-16(19)10-17(15)20/h7-8,10-11,13H,4-6,9,12H2,1-3H3,(H,21,22). The molecule has 2 rings (SSSR count). The minimum absolute atomic E-state index is 0.168. The largest absolute Gasteiger partial charge is 0.357 e. The zero-order valence-electron chi connectivity index (χ0n) is 15.0. The van der Waals surface area contributed by atoms with E-state index in [9.17, 15) is 4.39 Å². The number of hydrogen-bond acceptors (Lipinski definition) is 2. The number of aryl methyl sites for hydroxylation is 2. The fraction of sp³-hybridized carbons (Fsp3) is 0.444. The number of nitrogens with zero attached hydrogens (tertiary/aromatic N) is 4. The molecule has 136 valence electrons. The molecule has 0 spiro atoms. The summed E-state index contributed by atoms with van der Waals surface area (Å²) in [5.41, 5.74) is 1.86. The average molecular weight is 410 g/mol. The second kappa shape index (κ2) is 9.56. The van der Waals surface area contributed by atoms with Crippen LogP contribution in [-0.4, -0.2) is 40.8 Å². The molecule has 25 heavy (non-hydrogen) atoms. The van der Waals surface area contributed by atoms with Gasteiger partial charge >= 0.3 is 0 Å². The van der Waals surface area contributed by atoms with Crippen LogP contribution in [0.2, 0.25) is 0 Å². The predicted octanol–water partition coefficient (Wildman–Crippen LogP) is 3.35. The van der Waals surface area contributed by atoms with Gasteiger partial charge in [-0.3, -0.25) is 9.67 Å². The molecule has 0 bridgehead atoms. The molecule has 0 aliphatic carbocycles. The number of guanidine groups is 1. The monoisotopic (exact) mass is 409 g/mol. The van der Waals surface area contributed by atoms with Gasteiger partial charge in [-0.2, -0.15) is 5.10 Å². The van der Waals surface area contributed by atoms with Crippen LogP contribution < -0.4 is 5.32 Å². The van der Waals surface area contributed by atoms with Crippen molar-refractivity contribution in [3.63, 3.8) is 0 Å². The molecule has 0 fully saturated rings. The molecule has 2 aromatic rings. The van der Waals surface area contributed by atoms with Crippen LogP contribution in [0.1, 0.15) is 24.5 Å². The third-order valence-electron chi connectivity index (χ3n) is 3.76. The Morgan fingerprint density at radius 3 is 2.88 bits per heavy atom. The van der Waals surface area contributed by atoms with Crippen molar-refractivity contribution in [1.82, 2.24) is 20.0 Å². The first kappa shape index (κ1) is 19.4. The summed E-state index contributed by atoms with van der Waals surface area (Å²) in [4.78, 5) is 6.72. The van der Waals surface area contributed by atoms with Crippen molar-refractivity contribution in [2.45, 2.75) is 26.3 Å². The fourth-order valence-corrected chi connectivity index (χ4v) is 2.88. The van der Waals surface area contributed by atoms with Gasteiger partial charge in [-0.15, -0.1) is 0 Å². The molecule has 7 heteroatoms. The summed E-state index contributed by atoms with van der Waals surface area (Å²) in [6, 6.07) is 5.20. The lowest BCUT2D eigenvalue weighted by Crippen LogP contribution is -2.38. The van der Waals surface area contributed by atoms with Gasteiger partial charge in [-0.1, -0.05) is 22.0 Å². The van der Waals surface area contributed by atoms with E-state index in [-0.39, 0.29) is 5.82 Å². The van der Waals surface area contributed by atoms with Crippen LogP contribution in [0.25, 0.3) is 0 Å². The Morgan fingerprint density at radius 1 is 1.44 bits per heavy atom. The summed E-state index contributed by atoms with van der Waals surface area (Å²) in [6.07, 6.45) is 5.33. The van der Waals surface area contributed by atoms with Gasteiger partial charge in [0.2, 0.25) is 0 Å². The van der Waals surface area contributed by atoms with Gasteiger partial charge in [0.25, 0.3) is 0 Å². The van der Waals surface area contributed by atoms with E-state index < -0.39 is 0 Å². The number of aliphatic imine (C=N–C) groups is 1. The van der Waals surface area contributed by atoms with Crippen molar-refractivity contribution in [3.8, 4) is 0 Å². The van der Waals surface area contributed by atoms with Crippen LogP contribution in [0, 0.1) is 5.82 Å². The highest BCUT2D eigenvalue weighted by Crippen LogP contribution is 2.16. The predicted molar refractivity (Wildman–Crippen MR) is 103 cm³/mol. The maximum Gasteiger partial charge on any atom is 0.193 e. The van der Waals surface area contributed by atoms with Gasteiger partial charge in [-0.05, 0) is 37.5 Å². The molecular formula is C18H25BrFN5. The molecule has 0 aliphatic heterocycles. The smallest absolute Gasteiger partial charge is 0.193 e. The highest BCUT2D eigenvalue weighted by Gasteiger charge is 2.08. The zero-order valence-corrected chi connectivity index (χ0v) is 16.6. The number of benzene rings is 1. The van der Waals surface area contributed by atoms with Crippen molar-refractivity contribution in [3.05, 3.63) is 52.0 Å². The van der Waals surface area contributed by atoms with E-state index in [2.05, 4.69) is 36.2 Å². The maximum atomic E-state index is 13.8. The van der Waals surface area contributed by atoms with E-state index in [1.807, 2.05) is 45.5 Å². The topological polar surface area (TPSA) is 45.5 Å². The van der Waals surface area contributed by atoms with E-state index in [4.69, 9.17) is 0 Å². The van der Waals surface area contributed by atoms with Gasteiger partial charge in [-0.25, -0.2) is 4.39 Å². The Morgan fingerprint density at radius 2 is 2.24 bits per heavy atom. The Bertz CT molecular complexity index is 713. The van der Waals surface area contributed by atoms with Gasteiger partial charge in [0, 0.05) is 50.0 Å². The number of hydrogen-bond donors (Lipinski definition) is 1. The Hall–Kier alpha value is -1.89. The molecule has 0 saturated heterocycles. The minimum Gasteiger partial charge on any atom is -0.357 e. The van der Waals surface area contributed by atoms with Gasteiger partial charge < -0.3 is 10.2 Å². The van der Waals surface area contributed by atoms with Crippen LogP contribution in [-0.2, 0) is 20.0 Å². The summed E-state index contributed by atoms with van der Waals surface area (Å²) < 4.78 is 16.4. The lowest BCUT2D eigenvalue weighted by atomic mass is 10.1. The molecule has 0 unspecified atom stereocenters. The fourth-order valence-electron chi connectivity index (χ4n) is 2.55. The Balaban J connectivity index is 1.89. The summed E-state index contributed by atoms with van der Waals surface area (Å²) in [7, 11) is 3.91. The van der Waals surface area contributed by atoms with Gasteiger partial charge in [0.15, 0.2) is 5.96 Å². The van der Waals surface area contributed by atoms with Crippen molar-refractivity contribution in [2.75, 3.05) is 20.1 Å². The van der Waals surface area contributed by atoms with Gasteiger partial charge in [0.05, 0.1) is 6.20 Å². The molecule has 0 atom stereocenters. The summed E-state index contributed by atoms with van der Waals surface area (Å²) >= 11 is 3.28. The van der Waals surface area contributed by atoms with E-state index in [0.29, 0.717) is 13.0 Å². The molecule has 0 aliphatic rings. The van der Waals surface area contributed by atoms with E-state index >= 15 is 0 Å². The molecule has 1 N–H and O–H groups in total. The number of nitrogens with one attached hydrogen (secondary N) is 1. The second-order valence-corrected chi connectivity index (χ2v) is 6.87. The zero-order chi connectivity index (χ0) is 18.2. The first-order valence-corrected chi connectivity index (χ1v) is 9.19. The first-order chi connectivity index (χ1) is 12.0. The van der Waals surface area contributed by atoms with E-state index in [1.165, 1.54) is 6.07 Å². The highest BCUT2D eigenvalue weighted by atomic mass is 79.9. The number of halogens is 2. The van der Waals surface area contributed by atoms with Crippen LogP contribution in [0.15, 0.2) is 40.1 Å². The second-order valence-electron chi connectivity index (χ2n) is 5.95. The van der Waals surface area contributed by atoms with Crippen LogP contribution in [0.5, 0.6) is 0 Å². The van der Waals surface area contributed by atoms with Crippen molar-refractivity contribution < 1.29 is 4.39 Å². The van der Waals surface area contributed by atoms with E-state index in [1.54, 1.807) is 4.68 Å². The van der Waals surface area contributed by atoms with Crippen LogP contribution >= 0.6 is 15.9 Å². The molecule has 1 aromatic carbocycles. The van der Waals surface area contributed by atoms with Crippen molar-refractivity contribution in [2.24, 2.45) is 12.0 Å². The van der Waals surface area contributed by atoms with E-state index in [0.717, 1.165) is 41.1 Å². The molecule has 0 radical (unpaired) electrons. The number of rotatable bonds is 7. The van der Waals surface area contributed by atoms with Crippen LogP contribution in [0.4, 0.5) is 4.39 Å². The quantitative estimate of drug-likeness (QED) is 0.433. The molecular weight excluding hydrogens is 385 g/mol. The SMILES string of the molecule is CCNC(=NCCCc1ccc(Br)cc1F)N(C)Cc1cnn(C)c1. The molecule has 5 nitrogen and oxygen atoms in total. The van der Waals surface area contributed by atoms with Crippen LogP contribution in [0.3, 0.4) is 0 Å². The third kappa shape index (κ3) is 6.16. The number of aromatic nitrogens is 2. The van der Waals surface area contributed by atoms with Crippen molar-refractivity contribution >= 4 is 21.9 Å². The van der Waals surface area contributed by atoms with Gasteiger partial charge in [0.1, 0.15) is 5.82 Å². The lowest BCUT2D eigenvalue weighted by molar-refractivity contribution is 0.476. The lowest BCUT2D eigenvalue weighted by Gasteiger charge is -2.21. The molecule has 1 aromatic heterocycles. The molecule has 0 amide bonds. The normalized spacial score (nSPS) is 11.6. The average Bonchev–Trinajstić information content (AvgIpc) is 2.97. The summed E-state index contributed by atoms with van der Waals surface area (Å²) in [6.45, 7) is 4.23. The highest BCUT2D eigenvalue weighted by molar-refractivity contribution is 9.10. The third-order valence-corrected chi connectivity index (χ3v) is 4.25. The Kier molecular flexibility index (Phi) is 7.43. The van der Waals surface area contributed by atoms with Crippen molar-refractivity contribution in [1.29, 1.82) is 0 Å². The Labute approximate surface area is 157 Å². The molecule has 0 saturated carbocycles. The molecule has 1 heterocycles. The first-order valence-electron chi connectivity index (χ1n) is 8.40. The summed E-state index contributed by atoms with van der Waals surface area (Å²) in [5.74, 6) is 0.682. The minimum atomic E-state index is -0.168. The maximum absolute atomic E-state index is 13.8.